The fourth-order valence-corrected chi connectivity index (χ4v) is 3.05. The number of hydrogen-bond acceptors (Lipinski definition) is 2. The van der Waals surface area contributed by atoms with Gasteiger partial charge in [0, 0.05) is 25.7 Å². The van der Waals surface area contributed by atoms with Gasteiger partial charge in [-0.25, -0.2) is 0 Å². The van der Waals surface area contributed by atoms with Crippen molar-refractivity contribution in [3.63, 3.8) is 0 Å². The minimum Gasteiger partial charge on any atom is -0.329 e. The molecule has 0 aromatic heterocycles. The van der Waals surface area contributed by atoms with Gasteiger partial charge in [0.15, 0.2) is 0 Å². The smallest absolute Gasteiger partial charge is 0.0267 e. The third-order valence-electron chi connectivity index (χ3n) is 4.12. The van der Waals surface area contributed by atoms with Crippen LogP contribution in [0.3, 0.4) is 0 Å². The van der Waals surface area contributed by atoms with Crippen molar-refractivity contribution in [2.45, 2.75) is 39.7 Å². The first kappa shape index (κ1) is 13.6. The molecule has 1 aromatic carbocycles. The highest BCUT2D eigenvalue weighted by molar-refractivity contribution is 5.28. The maximum atomic E-state index is 6.00. The van der Waals surface area contributed by atoms with E-state index in [0.29, 0.717) is 6.04 Å². The zero-order valence-corrected chi connectivity index (χ0v) is 11.9. The Hall–Kier alpha value is -0.860. The van der Waals surface area contributed by atoms with Crippen LogP contribution in [0.1, 0.15) is 31.9 Å². The van der Waals surface area contributed by atoms with Gasteiger partial charge >= 0.3 is 0 Å². The lowest BCUT2D eigenvalue weighted by Crippen LogP contribution is -2.49. The Kier molecular flexibility index (Phi) is 4.08. The van der Waals surface area contributed by atoms with E-state index in [1.54, 1.807) is 0 Å². The van der Waals surface area contributed by atoms with E-state index in [4.69, 9.17) is 5.73 Å². The summed E-state index contributed by atoms with van der Waals surface area (Å²) in [4.78, 5) is 2.58. The molecule has 0 saturated heterocycles. The summed E-state index contributed by atoms with van der Waals surface area (Å²) in [5.41, 5.74) is 9.30. The van der Waals surface area contributed by atoms with Crippen LogP contribution >= 0.6 is 0 Å². The van der Waals surface area contributed by atoms with E-state index in [-0.39, 0.29) is 5.41 Å². The van der Waals surface area contributed by atoms with Gasteiger partial charge in [0.25, 0.3) is 0 Å². The summed E-state index contributed by atoms with van der Waals surface area (Å²) in [6, 6.07) is 9.32. The van der Waals surface area contributed by atoms with Gasteiger partial charge in [0.1, 0.15) is 0 Å². The molecule has 0 spiro atoms. The van der Waals surface area contributed by atoms with E-state index >= 15 is 0 Å². The summed E-state index contributed by atoms with van der Waals surface area (Å²) >= 11 is 0. The molecule has 1 heterocycles. The van der Waals surface area contributed by atoms with Gasteiger partial charge < -0.3 is 5.73 Å². The molecule has 2 heteroatoms. The van der Waals surface area contributed by atoms with Crippen LogP contribution in [0.15, 0.2) is 24.3 Å². The molecule has 0 bridgehead atoms. The quantitative estimate of drug-likeness (QED) is 0.868. The van der Waals surface area contributed by atoms with Gasteiger partial charge in [-0.3, -0.25) is 4.90 Å². The number of fused-ring (bicyclic) bond motifs is 1. The van der Waals surface area contributed by atoms with Crippen molar-refractivity contribution in [1.29, 1.82) is 0 Å². The summed E-state index contributed by atoms with van der Waals surface area (Å²) < 4.78 is 0. The van der Waals surface area contributed by atoms with Crippen molar-refractivity contribution < 1.29 is 0 Å². The van der Waals surface area contributed by atoms with Crippen LogP contribution in [-0.4, -0.2) is 30.6 Å². The van der Waals surface area contributed by atoms with Crippen LogP contribution in [0.2, 0.25) is 0 Å². The number of rotatable bonds is 2. The normalized spacial score (nSPS) is 19.1. The second-order valence-corrected chi connectivity index (χ2v) is 6.42. The molecule has 2 rings (SSSR count). The minimum atomic E-state index is 0.255. The van der Waals surface area contributed by atoms with E-state index in [1.165, 1.54) is 11.1 Å². The predicted octanol–water partition coefficient (Wildman–Crippen LogP) is 2.46. The van der Waals surface area contributed by atoms with Crippen molar-refractivity contribution in [1.82, 2.24) is 4.90 Å². The first-order valence-corrected chi connectivity index (χ1v) is 7.03. The molecule has 1 aliphatic heterocycles. The predicted molar refractivity (Wildman–Crippen MR) is 77.7 cm³/mol. The summed E-state index contributed by atoms with van der Waals surface area (Å²) in [6.07, 6.45) is 2.31. The first-order valence-electron chi connectivity index (χ1n) is 7.03. The van der Waals surface area contributed by atoms with E-state index in [9.17, 15) is 0 Å². The van der Waals surface area contributed by atoms with Crippen LogP contribution < -0.4 is 5.73 Å². The van der Waals surface area contributed by atoms with Crippen LogP contribution in [-0.2, 0) is 12.8 Å². The van der Waals surface area contributed by atoms with Crippen molar-refractivity contribution in [3.05, 3.63) is 35.4 Å². The van der Waals surface area contributed by atoms with E-state index in [0.717, 1.165) is 32.5 Å². The van der Waals surface area contributed by atoms with Crippen LogP contribution in [0.5, 0.6) is 0 Å². The SMILES string of the molecule is CC(C)(C)C(CN)N1CCc2ccccc2CC1. The van der Waals surface area contributed by atoms with Crippen LogP contribution in [0.25, 0.3) is 0 Å². The molecular weight excluding hydrogens is 220 g/mol. The highest BCUT2D eigenvalue weighted by Crippen LogP contribution is 2.26. The summed E-state index contributed by atoms with van der Waals surface area (Å²) in [6.45, 7) is 9.90. The maximum Gasteiger partial charge on any atom is 0.0267 e. The van der Waals surface area contributed by atoms with Gasteiger partial charge in [-0.15, -0.1) is 0 Å². The van der Waals surface area contributed by atoms with Gasteiger partial charge in [0.2, 0.25) is 0 Å². The fourth-order valence-electron chi connectivity index (χ4n) is 3.05. The molecule has 18 heavy (non-hydrogen) atoms. The molecule has 2 nitrogen and oxygen atoms in total. The maximum absolute atomic E-state index is 6.00. The van der Waals surface area contributed by atoms with Crippen LogP contribution in [0, 0.1) is 5.41 Å². The Labute approximate surface area is 111 Å². The molecule has 1 aromatic rings. The Bertz CT molecular complexity index is 365. The molecule has 0 amide bonds. The first-order chi connectivity index (χ1) is 8.52. The molecule has 1 atom stereocenters. The average Bonchev–Trinajstić information content (AvgIpc) is 2.52. The van der Waals surface area contributed by atoms with Crippen molar-refractivity contribution in [3.8, 4) is 0 Å². The lowest BCUT2D eigenvalue weighted by Gasteiger charge is -2.39. The number of hydrogen-bond donors (Lipinski definition) is 1. The Morgan fingerprint density at radius 2 is 1.61 bits per heavy atom. The van der Waals surface area contributed by atoms with Crippen molar-refractivity contribution in [2.24, 2.45) is 11.1 Å². The van der Waals surface area contributed by atoms with Crippen LogP contribution in [0.4, 0.5) is 0 Å². The summed E-state index contributed by atoms with van der Waals surface area (Å²) in [7, 11) is 0. The lowest BCUT2D eigenvalue weighted by molar-refractivity contribution is 0.109. The zero-order chi connectivity index (χ0) is 13.2. The molecule has 100 valence electrons. The third-order valence-corrected chi connectivity index (χ3v) is 4.12. The highest BCUT2D eigenvalue weighted by atomic mass is 15.2. The molecule has 1 aliphatic rings. The largest absolute Gasteiger partial charge is 0.329 e. The average molecular weight is 246 g/mol. The topological polar surface area (TPSA) is 29.3 Å². The Morgan fingerprint density at radius 3 is 2.00 bits per heavy atom. The molecule has 2 N–H and O–H groups in total. The number of benzene rings is 1. The van der Waals surface area contributed by atoms with E-state index in [1.807, 2.05) is 0 Å². The minimum absolute atomic E-state index is 0.255. The highest BCUT2D eigenvalue weighted by Gasteiger charge is 2.29. The monoisotopic (exact) mass is 246 g/mol. The lowest BCUT2D eigenvalue weighted by atomic mass is 9.85. The molecular formula is C16H26N2. The van der Waals surface area contributed by atoms with E-state index < -0.39 is 0 Å². The number of nitrogens with two attached hydrogens (primary N) is 1. The Balaban J connectivity index is 2.12. The molecule has 0 fully saturated rings. The summed E-state index contributed by atoms with van der Waals surface area (Å²) in [5, 5.41) is 0. The Morgan fingerprint density at radius 1 is 1.11 bits per heavy atom. The van der Waals surface area contributed by atoms with Gasteiger partial charge in [0.05, 0.1) is 0 Å². The number of nitrogens with zero attached hydrogens (tertiary/aromatic N) is 1. The molecule has 0 aliphatic carbocycles. The van der Waals surface area contributed by atoms with Gasteiger partial charge in [-0.1, -0.05) is 45.0 Å². The second-order valence-electron chi connectivity index (χ2n) is 6.42. The van der Waals surface area contributed by atoms with E-state index in [2.05, 4.69) is 49.9 Å². The fraction of sp³-hybridized carbons (Fsp3) is 0.625. The summed E-state index contributed by atoms with van der Waals surface area (Å²) in [5.74, 6) is 0. The third kappa shape index (κ3) is 2.93. The van der Waals surface area contributed by atoms with Gasteiger partial charge in [-0.05, 0) is 29.4 Å². The molecule has 0 saturated carbocycles. The second kappa shape index (κ2) is 5.41. The zero-order valence-electron chi connectivity index (χ0n) is 11.9. The standard InChI is InChI=1S/C16H26N2/c1-16(2,3)15(12-17)18-10-8-13-6-4-5-7-14(13)9-11-18/h4-7,15H,8-12,17H2,1-3H3. The molecule has 0 radical (unpaired) electrons. The van der Waals surface area contributed by atoms with Crippen molar-refractivity contribution in [2.75, 3.05) is 19.6 Å². The molecule has 1 unspecified atom stereocenters. The van der Waals surface area contributed by atoms with Gasteiger partial charge in [-0.2, -0.15) is 0 Å². The van der Waals surface area contributed by atoms with Crippen molar-refractivity contribution >= 4 is 0 Å².